The highest BCUT2D eigenvalue weighted by Crippen LogP contribution is 2.50. The molecule has 0 aliphatic heterocycles. The summed E-state index contributed by atoms with van der Waals surface area (Å²) >= 11 is 5.78. The van der Waals surface area contributed by atoms with E-state index in [2.05, 4.69) is 5.32 Å². The third-order valence-electron chi connectivity index (χ3n) is 3.79. The van der Waals surface area contributed by atoms with Gasteiger partial charge in [-0.15, -0.1) is 0 Å². The molecule has 6 nitrogen and oxygen atoms in total. The van der Waals surface area contributed by atoms with Gasteiger partial charge in [0.05, 0.1) is 15.5 Å². The number of carbonyl (C=O) groups is 1. The number of nitro groups is 1. The summed E-state index contributed by atoms with van der Waals surface area (Å²) in [7, 11) is 0. The first-order valence-corrected chi connectivity index (χ1v) is 7.78. The Hall–Kier alpha value is -2.86. The predicted molar refractivity (Wildman–Crippen MR) is 88.5 cm³/mol. The van der Waals surface area contributed by atoms with Crippen LogP contribution >= 0.6 is 11.6 Å². The molecule has 0 saturated carbocycles. The number of nitrogens with one attached hydrogen (secondary N) is 1. The van der Waals surface area contributed by atoms with E-state index in [1.807, 2.05) is 0 Å². The van der Waals surface area contributed by atoms with Gasteiger partial charge < -0.3 is 10.4 Å². The molecule has 13 heteroatoms. The maximum atomic E-state index is 12.9. The van der Waals surface area contributed by atoms with Crippen LogP contribution in [-0.2, 0) is 5.60 Å². The van der Waals surface area contributed by atoms with E-state index in [9.17, 15) is 46.4 Å². The molecule has 0 spiro atoms. The molecule has 1 amide bonds. The molecule has 2 N–H and O–H groups in total. The van der Waals surface area contributed by atoms with Crippen molar-refractivity contribution < 1.29 is 41.2 Å². The first-order chi connectivity index (χ1) is 13.2. The second-order valence-corrected chi connectivity index (χ2v) is 6.07. The van der Waals surface area contributed by atoms with Crippen molar-refractivity contribution in [1.29, 1.82) is 0 Å². The third-order valence-corrected chi connectivity index (χ3v) is 4.12. The maximum absolute atomic E-state index is 12.9. The van der Waals surface area contributed by atoms with Crippen LogP contribution in [0.4, 0.5) is 37.7 Å². The molecule has 0 atom stereocenters. The van der Waals surface area contributed by atoms with Crippen LogP contribution in [0.1, 0.15) is 15.9 Å². The Balaban J connectivity index is 2.33. The number of benzene rings is 2. The van der Waals surface area contributed by atoms with E-state index in [0.29, 0.717) is 24.3 Å². The fourth-order valence-corrected chi connectivity index (χ4v) is 2.49. The average molecular weight is 443 g/mol. The lowest BCUT2D eigenvalue weighted by Crippen LogP contribution is -2.53. The molecule has 0 aliphatic rings. The van der Waals surface area contributed by atoms with Crippen molar-refractivity contribution in [2.75, 3.05) is 5.32 Å². The standard InChI is InChI=1S/C16H9ClF6N2O4/c17-12-6-5-10(25(28)29)7-11(12)13(26)24-9-3-1-8(2-4-9)14(27,15(18,19)20)16(21,22)23/h1-7,27H,(H,24,26). The number of nitro benzene ring substituents is 1. The van der Waals surface area contributed by atoms with Crippen molar-refractivity contribution in [3.05, 3.63) is 68.7 Å². The highest BCUT2D eigenvalue weighted by Gasteiger charge is 2.71. The fraction of sp³-hybridized carbons (Fsp3) is 0.188. The van der Waals surface area contributed by atoms with Gasteiger partial charge in [-0.3, -0.25) is 14.9 Å². The van der Waals surface area contributed by atoms with Gasteiger partial charge in [-0.25, -0.2) is 0 Å². The maximum Gasteiger partial charge on any atom is 0.430 e. The Kier molecular flexibility index (Phi) is 5.82. The molecule has 0 unspecified atom stereocenters. The highest BCUT2D eigenvalue weighted by molar-refractivity contribution is 6.34. The number of rotatable bonds is 4. The van der Waals surface area contributed by atoms with Gasteiger partial charge in [0.2, 0.25) is 0 Å². The zero-order chi connectivity index (χ0) is 22.2. The second kappa shape index (κ2) is 7.52. The molecule has 2 aromatic carbocycles. The number of halogens is 7. The number of amides is 1. The molecule has 29 heavy (non-hydrogen) atoms. The van der Waals surface area contributed by atoms with E-state index in [0.717, 1.165) is 18.2 Å². The van der Waals surface area contributed by atoms with E-state index < -0.39 is 40.0 Å². The Morgan fingerprint density at radius 1 is 1.00 bits per heavy atom. The van der Waals surface area contributed by atoms with Gasteiger partial charge >= 0.3 is 12.4 Å². The summed E-state index contributed by atoms with van der Waals surface area (Å²) in [6, 6.07) is 5.02. The van der Waals surface area contributed by atoms with Crippen LogP contribution < -0.4 is 5.32 Å². The van der Waals surface area contributed by atoms with Crippen molar-refractivity contribution >= 4 is 28.9 Å². The van der Waals surface area contributed by atoms with Crippen LogP contribution in [-0.4, -0.2) is 28.3 Å². The van der Waals surface area contributed by atoms with Crippen LogP contribution in [0.25, 0.3) is 0 Å². The number of carbonyl (C=O) groups excluding carboxylic acids is 1. The normalized spacial score (nSPS) is 12.6. The Bertz CT molecular complexity index is 930. The number of hydrogen-bond acceptors (Lipinski definition) is 4. The largest absolute Gasteiger partial charge is 0.430 e. The summed E-state index contributed by atoms with van der Waals surface area (Å²) in [4.78, 5) is 22.2. The number of non-ortho nitro benzene ring substituents is 1. The zero-order valence-electron chi connectivity index (χ0n) is 13.8. The quantitative estimate of drug-likeness (QED) is 0.404. The van der Waals surface area contributed by atoms with Gasteiger partial charge in [0, 0.05) is 23.4 Å². The SMILES string of the molecule is O=C(Nc1ccc(C(O)(C(F)(F)F)C(F)(F)F)cc1)c1cc([N+](=O)[O-])ccc1Cl. The first kappa shape index (κ1) is 22.4. The van der Waals surface area contributed by atoms with E-state index in [1.54, 1.807) is 0 Å². The molecule has 0 bridgehead atoms. The molecular formula is C16H9ClF6N2O4. The van der Waals surface area contributed by atoms with E-state index in [1.165, 1.54) is 0 Å². The molecular weight excluding hydrogens is 434 g/mol. The van der Waals surface area contributed by atoms with Gasteiger partial charge in [0.1, 0.15) is 0 Å². The lowest BCUT2D eigenvalue weighted by molar-refractivity contribution is -0.384. The number of anilines is 1. The number of alkyl halides is 6. The molecule has 0 radical (unpaired) electrons. The van der Waals surface area contributed by atoms with Crippen LogP contribution in [0.5, 0.6) is 0 Å². The fourth-order valence-electron chi connectivity index (χ4n) is 2.28. The minimum atomic E-state index is -6.05. The van der Waals surface area contributed by atoms with Gasteiger partial charge in [0.15, 0.2) is 0 Å². The minimum Gasteiger partial charge on any atom is -0.369 e. The average Bonchev–Trinajstić information content (AvgIpc) is 2.59. The summed E-state index contributed by atoms with van der Waals surface area (Å²) < 4.78 is 77.1. The van der Waals surface area contributed by atoms with Crippen molar-refractivity contribution in [3.8, 4) is 0 Å². The topological polar surface area (TPSA) is 92.5 Å². The molecule has 0 heterocycles. The monoisotopic (exact) mass is 442 g/mol. The molecule has 0 saturated heterocycles. The number of nitrogens with zero attached hydrogens (tertiary/aromatic N) is 1. The van der Waals surface area contributed by atoms with Crippen LogP contribution in [0, 0.1) is 10.1 Å². The Labute approximate surface area is 162 Å². The Morgan fingerprint density at radius 3 is 1.97 bits per heavy atom. The van der Waals surface area contributed by atoms with Crippen LogP contribution in [0.2, 0.25) is 5.02 Å². The summed E-state index contributed by atoms with van der Waals surface area (Å²) in [6.45, 7) is 0. The molecule has 0 aromatic heterocycles. The second-order valence-electron chi connectivity index (χ2n) is 5.66. The number of aliphatic hydroxyl groups is 1. The van der Waals surface area contributed by atoms with Crippen LogP contribution in [0.15, 0.2) is 42.5 Å². The van der Waals surface area contributed by atoms with Gasteiger partial charge in [-0.2, -0.15) is 26.3 Å². The van der Waals surface area contributed by atoms with Gasteiger partial charge in [0.25, 0.3) is 17.2 Å². The van der Waals surface area contributed by atoms with Crippen molar-refractivity contribution in [1.82, 2.24) is 0 Å². The van der Waals surface area contributed by atoms with Crippen molar-refractivity contribution in [2.45, 2.75) is 18.0 Å². The Morgan fingerprint density at radius 2 is 1.52 bits per heavy atom. The smallest absolute Gasteiger partial charge is 0.369 e. The molecule has 2 rings (SSSR count). The summed E-state index contributed by atoms with van der Waals surface area (Å²) in [5, 5.41) is 22.0. The molecule has 156 valence electrons. The highest BCUT2D eigenvalue weighted by atomic mass is 35.5. The van der Waals surface area contributed by atoms with Crippen LogP contribution in [0.3, 0.4) is 0 Å². The molecule has 2 aromatic rings. The van der Waals surface area contributed by atoms with E-state index in [4.69, 9.17) is 11.6 Å². The number of hydrogen-bond donors (Lipinski definition) is 2. The predicted octanol–water partition coefficient (Wildman–Crippen LogP) is 4.81. The third kappa shape index (κ3) is 4.27. The lowest BCUT2D eigenvalue weighted by Gasteiger charge is -2.32. The lowest BCUT2D eigenvalue weighted by atomic mass is 9.92. The summed E-state index contributed by atoms with van der Waals surface area (Å²) in [6.07, 6.45) is -12.1. The minimum absolute atomic E-state index is 0.173. The summed E-state index contributed by atoms with van der Waals surface area (Å²) in [5.74, 6) is -0.992. The van der Waals surface area contributed by atoms with E-state index in [-0.39, 0.29) is 16.3 Å². The van der Waals surface area contributed by atoms with Gasteiger partial charge in [-0.1, -0.05) is 23.7 Å². The van der Waals surface area contributed by atoms with Crippen molar-refractivity contribution in [2.24, 2.45) is 0 Å². The van der Waals surface area contributed by atoms with E-state index >= 15 is 0 Å². The van der Waals surface area contributed by atoms with Gasteiger partial charge in [-0.05, 0) is 18.2 Å². The first-order valence-electron chi connectivity index (χ1n) is 7.40. The summed E-state index contributed by atoms with van der Waals surface area (Å²) in [5.41, 5.74) is -7.66. The molecule has 0 fully saturated rings. The molecule has 0 aliphatic carbocycles. The van der Waals surface area contributed by atoms with Crippen molar-refractivity contribution in [3.63, 3.8) is 0 Å². The zero-order valence-corrected chi connectivity index (χ0v) is 14.6.